The van der Waals surface area contributed by atoms with Crippen LogP contribution in [0.3, 0.4) is 0 Å². The SMILES string of the molecule is O=C(Cc1nc(-c2ccc(F)cc2)cs1)ON1C(=O)c2ccccc2C1=O. The second-order valence-electron chi connectivity index (χ2n) is 5.72. The summed E-state index contributed by atoms with van der Waals surface area (Å²) in [5.41, 5.74) is 1.71. The van der Waals surface area contributed by atoms with Crippen LogP contribution in [0.5, 0.6) is 0 Å². The number of hydroxylamine groups is 2. The van der Waals surface area contributed by atoms with Crippen molar-refractivity contribution in [2.75, 3.05) is 0 Å². The molecule has 1 aliphatic rings. The quantitative estimate of drug-likeness (QED) is 0.648. The molecule has 0 aliphatic carbocycles. The molecule has 0 bridgehead atoms. The topological polar surface area (TPSA) is 76.6 Å². The smallest absolute Gasteiger partial charge is 0.329 e. The summed E-state index contributed by atoms with van der Waals surface area (Å²) in [6.45, 7) is 0. The summed E-state index contributed by atoms with van der Waals surface area (Å²) in [6.07, 6.45) is -0.195. The normalized spacial score (nSPS) is 13.0. The first kappa shape index (κ1) is 17.0. The maximum absolute atomic E-state index is 13.0. The fourth-order valence-electron chi connectivity index (χ4n) is 2.65. The number of carbonyl (C=O) groups is 3. The van der Waals surface area contributed by atoms with Crippen LogP contribution in [0.15, 0.2) is 53.9 Å². The fourth-order valence-corrected chi connectivity index (χ4v) is 3.44. The molecule has 2 heterocycles. The van der Waals surface area contributed by atoms with Crippen LogP contribution in [-0.4, -0.2) is 27.8 Å². The van der Waals surface area contributed by atoms with Gasteiger partial charge in [0.05, 0.1) is 16.8 Å². The number of hydrogen-bond acceptors (Lipinski definition) is 6. The Morgan fingerprint density at radius 3 is 2.30 bits per heavy atom. The van der Waals surface area contributed by atoms with E-state index in [1.807, 2.05) is 0 Å². The van der Waals surface area contributed by atoms with Crippen molar-refractivity contribution in [2.24, 2.45) is 0 Å². The van der Waals surface area contributed by atoms with Crippen LogP contribution in [0.1, 0.15) is 25.7 Å². The highest BCUT2D eigenvalue weighted by atomic mass is 32.1. The van der Waals surface area contributed by atoms with Crippen LogP contribution >= 0.6 is 11.3 Å². The predicted octanol–water partition coefficient (Wildman–Crippen LogP) is 3.25. The lowest BCUT2D eigenvalue weighted by Gasteiger charge is -2.11. The van der Waals surface area contributed by atoms with E-state index in [4.69, 9.17) is 4.84 Å². The molecule has 2 aromatic carbocycles. The number of benzene rings is 2. The first-order valence-corrected chi connectivity index (χ1v) is 8.80. The van der Waals surface area contributed by atoms with Crippen molar-refractivity contribution in [3.05, 3.63) is 75.9 Å². The first-order valence-electron chi connectivity index (χ1n) is 7.92. The van der Waals surface area contributed by atoms with E-state index in [-0.39, 0.29) is 23.4 Å². The maximum Gasteiger partial charge on any atom is 0.340 e. The van der Waals surface area contributed by atoms with E-state index in [0.29, 0.717) is 21.3 Å². The van der Waals surface area contributed by atoms with Crippen LogP contribution in [-0.2, 0) is 16.1 Å². The lowest BCUT2D eigenvalue weighted by Crippen LogP contribution is -2.33. The standard InChI is InChI=1S/C19H11FN2O4S/c20-12-7-5-11(6-8-12)15-10-27-16(21-15)9-17(23)26-22-18(24)13-3-1-2-4-14(13)19(22)25/h1-8,10H,9H2. The minimum absolute atomic E-state index is 0.195. The molecule has 3 aromatic rings. The Labute approximate surface area is 156 Å². The van der Waals surface area contributed by atoms with Gasteiger partial charge >= 0.3 is 5.97 Å². The Balaban J connectivity index is 1.44. The molecule has 1 aromatic heterocycles. The molecule has 0 radical (unpaired) electrons. The fraction of sp³-hybridized carbons (Fsp3) is 0.0526. The zero-order valence-electron chi connectivity index (χ0n) is 13.7. The van der Waals surface area contributed by atoms with Crippen LogP contribution in [0, 0.1) is 5.82 Å². The summed E-state index contributed by atoms with van der Waals surface area (Å²) < 4.78 is 13.0. The molecular formula is C19H11FN2O4S. The predicted molar refractivity (Wildman–Crippen MR) is 94.2 cm³/mol. The van der Waals surface area contributed by atoms with Gasteiger partial charge in [-0.25, -0.2) is 14.2 Å². The third-order valence-electron chi connectivity index (χ3n) is 3.94. The second kappa shape index (κ2) is 6.73. The van der Waals surface area contributed by atoms with E-state index in [1.54, 1.807) is 29.6 Å². The van der Waals surface area contributed by atoms with Gasteiger partial charge < -0.3 is 4.84 Å². The van der Waals surface area contributed by atoms with Gasteiger partial charge in [0.2, 0.25) is 0 Å². The molecule has 0 unspecified atom stereocenters. The molecule has 2 amide bonds. The van der Waals surface area contributed by atoms with Crippen molar-refractivity contribution >= 4 is 29.1 Å². The highest BCUT2D eigenvalue weighted by molar-refractivity contribution is 7.10. The van der Waals surface area contributed by atoms with E-state index in [2.05, 4.69) is 4.98 Å². The number of amides is 2. The van der Waals surface area contributed by atoms with Crippen molar-refractivity contribution in [1.82, 2.24) is 10.0 Å². The number of nitrogens with zero attached hydrogens (tertiary/aromatic N) is 2. The molecule has 8 heteroatoms. The summed E-state index contributed by atoms with van der Waals surface area (Å²) in [5.74, 6) is -2.46. The van der Waals surface area contributed by atoms with E-state index >= 15 is 0 Å². The molecule has 0 saturated heterocycles. The molecule has 27 heavy (non-hydrogen) atoms. The number of aromatic nitrogens is 1. The van der Waals surface area contributed by atoms with Gasteiger partial charge in [0.15, 0.2) is 0 Å². The van der Waals surface area contributed by atoms with Gasteiger partial charge in [-0.05, 0) is 36.4 Å². The van der Waals surface area contributed by atoms with Crippen molar-refractivity contribution in [1.29, 1.82) is 0 Å². The third kappa shape index (κ3) is 3.22. The first-order chi connectivity index (χ1) is 13.0. The molecule has 0 fully saturated rings. The molecule has 4 rings (SSSR count). The number of halogens is 1. The van der Waals surface area contributed by atoms with Crippen LogP contribution in [0.4, 0.5) is 4.39 Å². The van der Waals surface area contributed by atoms with Crippen LogP contribution in [0.25, 0.3) is 11.3 Å². The summed E-state index contributed by atoms with van der Waals surface area (Å²) in [7, 11) is 0. The van der Waals surface area contributed by atoms with Crippen LogP contribution < -0.4 is 0 Å². The molecule has 0 N–H and O–H groups in total. The molecular weight excluding hydrogens is 371 g/mol. The van der Waals surface area contributed by atoms with Gasteiger partial charge in [-0.2, -0.15) is 0 Å². The van der Waals surface area contributed by atoms with Crippen molar-refractivity contribution < 1.29 is 23.6 Å². The second-order valence-corrected chi connectivity index (χ2v) is 6.67. The van der Waals surface area contributed by atoms with Crippen molar-refractivity contribution in [3.63, 3.8) is 0 Å². The minimum Gasteiger partial charge on any atom is -0.329 e. The number of rotatable bonds is 4. The number of carbonyl (C=O) groups excluding carboxylic acids is 3. The Bertz CT molecular complexity index is 1030. The Kier molecular flexibility index (Phi) is 4.25. The Morgan fingerprint density at radius 1 is 1.04 bits per heavy atom. The van der Waals surface area contributed by atoms with Crippen LogP contribution in [0.2, 0.25) is 0 Å². The largest absolute Gasteiger partial charge is 0.340 e. The molecule has 0 spiro atoms. The van der Waals surface area contributed by atoms with Crippen molar-refractivity contribution in [2.45, 2.75) is 6.42 Å². The molecule has 0 saturated carbocycles. The monoisotopic (exact) mass is 382 g/mol. The van der Waals surface area contributed by atoms with E-state index in [0.717, 1.165) is 0 Å². The van der Waals surface area contributed by atoms with E-state index in [1.165, 1.54) is 35.6 Å². The summed E-state index contributed by atoms with van der Waals surface area (Å²) >= 11 is 1.23. The number of hydrogen-bond donors (Lipinski definition) is 0. The number of fused-ring (bicyclic) bond motifs is 1. The van der Waals surface area contributed by atoms with Gasteiger partial charge in [0.1, 0.15) is 17.2 Å². The lowest BCUT2D eigenvalue weighted by atomic mass is 10.1. The molecule has 134 valence electrons. The van der Waals surface area contributed by atoms with E-state index in [9.17, 15) is 18.8 Å². The Morgan fingerprint density at radius 2 is 1.67 bits per heavy atom. The summed E-state index contributed by atoms with van der Waals surface area (Å²) in [5, 5.41) is 2.66. The van der Waals surface area contributed by atoms with Gasteiger partial charge in [-0.15, -0.1) is 11.3 Å². The van der Waals surface area contributed by atoms with Crippen molar-refractivity contribution in [3.8, 4) is 11.3 Å². The maximum atomic E-state index is 13.0. The third-order valence-corrected chi connectivity index (χ3v) is 4.79. The van der Waals surface area contributed by atoms with E-state index < -0.39 is 17.8 Å². The van der Waals surface area contributed by atoms with Gasteiger partial charge in [0.25, 0.3) is 11.8 Å². The minimum atomic E-state index is -0.774. The highest BCUT2D eigenvalue weighted by Gasteiger charge is 2.38. The van der Waals surface area contributed by atoms with Gasteiger partial charge in [-0.3, -0.25) is 9.59 Å². The molecule has 1 aliphatic heterocycles. The lowest BCUT2D eigenvalue weighted by molar-refractivity contribution is -0.167. The molecule has 6 nitrogen and oxygen atoms in total. The zero-order valence-corrected chi connectivity index (χ0v) is 14.5. The molecule has 0 atom stereocenters. The highest BCUT2D eigenvalue weighted by Crippen LogP contribution is 2.25. The zero-order chi connectivity index (χ0) is 19.0. The average Bonchev–Trinajstić information content (AvgIpc) is 3.22. The number of imide groups is 1. The Hall–Kier alpha value is -3.39. The average molecular weight is 382 g/mol. The summed E-state index contributed by atoms with van der Waals surface area (Å²) in [4.78, 5) is 45.8. The number of thiazole rings is 1. The van der Waals surface area contributed by atoms with Gasteiger partial charge in [0, 0.05) is 10.9 Å². The summed E-state index contributed by atoms with van der Waals surface area (Å²) in [6, 6.07) is 12.1. The van der Waals surface area contributed by atoms with Gasteiger partial charge in [-0.1, -0.05) is 17.2 Å².